The van der Waals surface area contributed by atoms with Gasteiger partial charge in [0.15, 0.2) is 0 Å². The van der Waals surface area contributed by atoms with Crippen molar-refractivity contribution in [3.8, 4) is 0 Å². The van der Waals surface area contributed by atoms with Crippen LogP contribution in [0.1, 0.15) is 19.8 Å². The van der Waals surface area contributed by atoms with Crippen LogP contribution in [0.3, 0.4) is 0 Å². The lowest BCUT2D eigenvalue weighted by molar-refractivity contribution is 0.231. The van der Waals surface area contributed by atoms with Crippen LogP contribution < -0.4 is 0 Å². The SMILES string of the molecule is C=C(C)O/N=C1/C=CCC=CC1. The van der Waals surface area contributed by atoms with Gasteiger partial charge in [-0.05, 0) is 19.4 Å². The highest BCUT2D eigenvalue weighted by Gasteiger charge is 1.94. The summed E-state index contributed by atoms with van der Waals surface area (Å²) in [6, 6.07) is 0. The zero-order valence-corrected chi connectivity index (χ0v) is 7.29. The van der Waals surface area contributed by atoms with Gasteiger partial charge in [0.25, 0.3) is 0 Å². The van der Waals surface area contributed by atoms with Gasteiger partial charge < -0.3 is 4.84 Å². The van der Waals surface area contributed by atoms with E-state index in [1.807, 2.05) is 6.08 Å². The Morgan fingerprint density at radius 3 is 3.08 bits per heavy atom. The molecule has 0 saturated heterocycles. The summed E-state index contributed by atoms with van der Waals surface area (Å²) in [5.41, 5.74) is 0.937. The molecule has 0 fully saturated rings. The Labute approximate surface area is 72.9 Å². The van der Waals surface area contributed by atoms with E-state index in [0.29, 0.717) is 5.76 Å². The Bertz CT molecular complexity index is 249. The molecule has 0 unspecified atom stereocenters. The molecular weight excluding hydrogens is 150 g/mol. The van der Waals surface area contributed by atoms with Gasteiger partial charge in [-0.2, -0.15) is 0 Å². The highest BCUT2D eigenvalue weighted by atomic mass is 16.6. The van der Waals surface area contributed by atoms with Crippen LogP contribution in [0.25, 0.3) is 0 Å². The Hall–Kier alpha value is -1.31. The minimum Gasteiger partial charge on any atom is -0.362 e. The van der Waals surface area contributed by atoms with E-state index >= 15 is 0 Å². The second-order valence-corrected chi connectivity index (χ2v) is 2.69. The summed E-state index contributed by atoms with van der Waals surface area (Å²) in [5.74, 6) is 0.615. The normalized spacial score (nSPS) is 19.2. The second-order valence-electron chi connectivity index (χ2n) is 2.69. The molecule has 0 atom stereocenters. The average molecular weight is 163 g/mol. The molecule has 0 radical (unpaired) electrons. The van der Waals surface area contributed by atoms with Crippen LogP contribution in [0, 0.1) is 0 Å². The van der Waals surface area contributed by atoms with Gasteiger partial charge >= 0.3 is 0 Å². The van der Waals surface area contributed by atoms with Crippen LogP contribution in [-0.4, -0.2) is 5.71 Å². The monoisotopic (exact) mass is 163 g/mol. The molecule has 0 aromatic heterocycles. The van der Waals surface area contributed by atoms with Crippen LogP contribution in [0.4, 0.5) is 0 Å². The third-order valence-corrected chi connectivity index (χ3v) is 1.39. The second kappa shape index (κ2) is 4.54. The van der Waals surface area contributed by atoms with Crippen LogP contribution in [0.5, 0.6) is 0 Å². The van der Waals surface area contributed by atoms with E-state index < -0.39 is 0 Å². The van der Waals surface area contributed by atoms with Crippen molar-refractivity contribution in [3.63, 3.8) is 0 Å². The summed E-state index contributed by atoms with van der Waals surface area (Å²) in [6.07, 6.45) is 10.0. The maximum Gasteiger partial charge on any atom is 0.124 e. The number of rotatable bonds is 2. The van der Waals surface area contributed by atoms with E-state index in [1.54, 1.807) is 6.92 Å². The van der Waals surface area contributed by atoms with Gasteiger partial charge in [-0.3, -0.25) is 0 Å². The van der Waals surface area contributed by atoms with Crippen LogP contribution in [-0.2, 0) is 4.84 Å². The zero-order chi connectivity index (χ0) is 8.81. The van der Waals surface area contributed by atoms with Gasteiger partial charge in [0, 0.05) is 6.42 Å². The fourth-order valence-electron chi connectivity index (χ4n) is 0.855. The molecule has 64 valence electrons. The molecule has 1 rings (SSSR count). The first kappa shape index (κ1) is 8.78. The Kier molecular flexibility index (Phi) is 3.33. The van der Waals surface area contributed by atoms with Crippen molar-refractivity contribution in [2.24, 2.45) is 5.16 Å². The Morgan fingerprint density at radius 2 is 2.33 bits per heavy atom. The van der Waals surface area contributed by atoms with E-state index in [1.165, 1.54) is 0 Å². The topological polar surface area (TPSA) is 21.6 Å². The summed E-state index contributed by atoms with van der Waals surface area (Å²) in [5, 5.41) is 3.92. The average Bonchev–Trinajstić information content (AvgIpc) is 2.28. The predicted octanol–water partition coefficient (Wildman–Crippen LogP) is 2.80. The van der Waals surface area contributed by atoms with Crippen LogP contribution >= 0.6 is 0 Å². The van der Waals surface area contributed by atoms with Crippen molar-refractivity contribution in [2.45, 2.75) is 19.8 Å². The number of allylic oxidation sites excluding steroid dienone is 5. The van der Waals surface area contributed by atoms with Crippen molar-refractivity contribution >= 4 is 5.71 Å². The zero-order valence-electron chi connectivity index (χ0n) is 7.29. The van der Waals surface area contributed by atoms with E-state index in [2.05, 4.69) is 30.0 Å². The molecule has 0 N–H and O–H groups in total. The molecule has 2 heteroatoms. The Morgan fingerprint density at radius 1 is 1.50 bits per heavy atom. The van der Waals surface area contributed by atoms with E-state index in [-0.39, 0.29) is 0 Å². The summed E-state index contributed by atoms with van der Waals surface area (Å²) in [7, 11) is 0. The highest BCUT2D eigenvalue weighted by molar-refractivity contribution is 5.95. The summed E-state index contributed by atoms with van der Waals surface area (Å²) >= 11 is 0. The van der Waals surface area contributed by atoms with Gasteiger partial charge in [-0.15, -0.1) is 0 Å². The molecule has 1 aliphatic carbocycles. The molecule has 1 aliphatic rings. The highest BCUT2D eigenvalue weighted by Crippen LogP contribution is 2.02. The maximum atomic E-state index is 4.95. The molecule has 0 aromatic rings. The van der Waals surface area contributed by atoms with Crippen molar-refractivity contribution in [1.29, 1.82) is 0 Å². The molecule has 2 nitrogen and oxygen atoms in total. The van der Waals surface area contributed by atoms with E-state index in [9.17, 15) is 0 Å². The molecule has 0 bridgehead atoms. The largest absolute Gasteiger partial charge is 0.362 e. The van der Waals surface area contributed by atoms with Gasteiger partial charge in [-0.25, -0.2) is 0 Å². The maximum absolute atomic E-state index is 4.95. The Balaban J connectivity index is 2.54. The van der Waals surface area contributed by atoms with Crippen molar-refractivity contribution in [2.75, 3.05) is 0 Å². The molecular formula is C10H13NO. The minimum atomic E-state index is 0.615. The van der Waals surface area contributed by atoms with Crippen molar-refractivity contribution in [3.05, 3.63) is 36.6 Å². The lowest BCUT2D eigenvalue weighted by Crippen LogP contribution is -1.91. The molecule has 12 heavy (non-hydrogen) atoms. The molecule has 0 aromatic carbocycles. The summed E-state index contributed by atoms with van der Waals surface area (Å²) in [4.78, 5) is 4.95. The van der Waals surface area contributed by atoms with E-state index in [0.717, 1.165) is 18.6 Å². The standard InChI is InChI=1S/C10H13NO/c1-9(2)12-11-10-7-5-3-4-6-8-10/h3,5-6,8H,1,4,7H2,2H3/b11-10+. The summed E-state index contributed by atoms with van der Waals surface area (Å²) in [6.45, 7) is 5.37. The van der Waals surface area contributed by atoms with E-state index in [4.69, 9.17) is 4.84 Å². The van der Waals surface area contributed by atoms with Gasteiger partial charge in [0.1, 0.15) is 5.76 Å². The first-order valence-corrected chi connectivity index (χ1v) is 4.00. The molecule has 0 saturated carbocycles. The van der Waals surface area contributed by atoms with Crippen LogP contribution in [0.2, 0.25) is 0 Å². The third kappa shape index (κ3) is 3.19. The number of hydrogen-bond donors (Lipinski definition) is 0. The van der Waals surface area contributed by atoms with Gasteiger partial charge in [0.05, 0.1) is 5.71 Å². The third-order valence-electron chi connectivity index (χ3n) is 1.39. The fraction of sp³-hybridized carbons (Fsp3) is 0.300. The smallest absolute Gasteiger partial charge is 0.124 e. The lowest BCUT2D eigenvalue weighted by atomic mass is 10.3. The van der Waals surface area contributed by atoms with Crippen molar-refractivity contribution < 1.29 is 4.84 Å². The quantitative estimate of drug-likeness (QED) is 0.348. The van der Waals surface area contributed by atoms with Gasteiger partial charge in [0.2, 0.25) is 0 Å². The number of hydrogen-bond acceptors (Lipinski definition) is 2. The van der Waals surface area contributed by atoms with Crippen LogP contribution in [0.15, 0.2) is 41.8 Å². The molecule has 0 aliphatic heterocycles. The molecule has 0 heterocycles. The van der Waals surface area contributed by atoms with Gasteiger partial charge in [-0.1, -0.05) is 30.0 Å². The molecule has 0 amide bonds. The fourth-order valence-corrected chi connectivity index (χ4v) is 0.855. The first-order valence-electron chi connectivity index (χ1n) is 4.00. The number of oxime groups is 1. The predicted molar refractivity (Wildman–Crippen MR) is 50.8 cm³/mol. The number of nitrogens with zero attached hydrogens (tertiary/aromatic N) is 1. The molecule has 0 spiro atoms. The van der Waals surface area contributed by atoms with Crippen molar-refractivity contribution in [1.82, 2.24) is 0 Å². The lowest BCUT2D eigenvalue weighted by Gasteiger charge is -1.97. The minimum absolute atomic E-state index is 0.615. The summed E-state index contributed by atoms with van der Waals surface area (Å²) < 4.78 is 0. The first-order chi connectivity index (χ1) is 5.79.